The molecular formula is C22H17N3O4. The van der Waals surface area contributed by atoms with Crippen LogP contribution in [0.25, 0.3) is 22.7 Å². The molecule has 29 heavy (non-hydrogen) atoms. The minimum atomic E-state index is -0.456. The van der Waals surface area contributed by atoms with Crippen LogP contribution in [-0.2, 0) is 4.74 Å². The van der Waals surface area contributed by atoms with Crippen molar-refractivity contribution < 1.29 is 18.7 Å². The Morgan fingerprint density at radius 1 is 0.966 bits per heavy atom. The third-order valence-electron chi connectivity index (χ3n) is 4.41. The van der Waals surface area contributed by atoms with E-state index in [0.29, 0.717) is 39.6 Å². The first-order valence-electron chi connectivity index (χ1n) is 8.88. The van der Waals surface area contributed by atoms with E-state index < -0.39 is 5.97 Å². The maximum Gasteiger partial charge on any atom is 0.337 e. The monoisotopic (exact) mass is 387 g/mol. The lowest BCUT2D eigenvalue weighted by Gasteiger charge is -2.08. The van der Waals surface area contributed by atoms with E-state index in [1.165, 1.54) is 7.11 Å². The summed E-state index contributed by atoms with van der Waals surface area (Å²) < 4.78 is 10.4. The second kappa shape index (κ2) is 7.55. The quantitative estimate of drug-likeness (QED) is 0.527. The average molecular weight is 387 g/mol. The first-order chi connectivity index (χ1) is 14.0. The number of nitrogens with one attached hydrogen (secondary N) is 1. The molecule has 0 unspecified atom stereocenters. The van der Waals surface area contributed by atoms with E-state index >= 15 is 0 Å². The fourth-order valence-corrected chi connectivity index (χ4v) is 2.85. The summed E-state index contributed by atoms with van der Waals surface area (Å²) in [5.74, 6) is -0.311. The number of carbonyl (C=O) groups is 2. The SMILES string of the molecule is COC(=O)c1ccc(C(=O)Nc2cc3nc(-c4ccccc4)oc3nc2C)cc1. The van der Waals surface area contributed by atoms with E-state index in [1.54, 1.807) is 37.3 Å². The van der Waals surface area contributed by atoms with Crippen molar-refractivity contribution >= 4 is 28.8 Å². The largest absolute Gasteiger partial charge is 0.465 e. The summed E-state index contributed by atoms with van der Waals surface area (Å²) in [6, 6.07) is 17.5. The Balaban J connectivity index is 1.59. The highest BCUT2D eigenvalue weighted by atomic mass is 16.5. The van der Waals surface area contributed by atoms with Crippen LogP contribution in [0.3, 0.4) is 0 Å². The number of nitrogens with zero attached hydrogens (tertiary/aromatic N) is 2. The van der Waals surface area contributed by atoms with Gasteiger partial charge in [-0.25, -0.2) is 14.8 Å². The molecule has 0 aliphatic carbocycles. The maximum atomic E-state index is 12.6. The number of benzene rings is 2. The zero-order valence-electron chi connectivity index (χ0n) is 15.8. The van der Waals surface area contributed by atoms with Crippen molar-refractivity contribution in [1.82, 2.24) is 9.97 Å². The number of pyridine rings is 1. The van der Waals surface area contributed by atoms with E-state index in [0.717, 1.165) is 5.56 Å². The van der Waals surface area contributed by atoms with E-state index in [-0.39, 0.29) is 5.91 Å². The second-order valence-corrected chi connectivity index (χ2v) is 6.35. The molecule has 2 aromatic heterocycles. The van der Waals surface area contributed by atoms with Crippen molar-refractivity contribution in [3.8, 4) is 11.5 Å². The van der Waals surface area contributed by atoms with Crippen molar-refractivity contribution in [3.05, 3.63) is 77.5 Å². The highest BCUT2D eigenvalue weighted by Gasteiger charge is 2.15. The third kappa shape index (κ3) is 3.70. The number of hydrogen-bond donors (Lipinski definition) is 1. The first-order valence-corrected chi connectivity index (χ1v) is 8.88. The molecule has 0 saturated carbocycles. The molecule has 0 spiro atoms. The molecule has 0 aliphatic rings. The summed E-state index contributed by atoms with van der Waals surface area (Å²) in [6.07, 6.45) is 0. The number of ether oxygens (including phenoxy) is 1. The van der Waals surface area contributed by atoms with Gasteiger partial charge in [0.1, 0.15) is 5.52 Å². The van der Waals surface area contributed by atoms with E-state index in [2.05, 4.69) is 20.0 Å². The number of methoxy groups -OCH3 is 1. The summed E-state index contributed by atoms with van der Waals surface area (Å²) in [4.78, 5) is 33.0. The van der Waals surface area contributed by atoms with Gasteiger partial charge in [-0.1, -0.05) is 18.2 Å². The van der Waals surface area contributed by atoms with Gasteiger partial charge in [0.05, 0.1) is 24.1 Å². The summed E-state index contributed by atoms with van der Waals surface area (Å²) in [6.45, 7) is 1.78. The van der Waals surface area contributed by atoms with Crippen LogP contribution in [0, 0.1) is 6.92 Å². The number of esters is 1. The van der Waals surface area contributed by atoms with Crippen LogP contribution in [0.4, 0.5) is 5.69 Å². The summed E-state index contributed by atoms with van der Waals surface area (Å²) in [7, 11) is 1.31. The Kier molecular flexibility index (Phi) is 4.78. The molecule has 7 heteroatoms. The van der Waals surface area contributed by atoms with Crippen LogP contribution < -0.4 is 5.32 Å². The van der Waals surface area contributed by atoms with Crippen LogP contribution in [0.5, 0.6) is 0 Å². The van der Waals surface area contributed by atoms with Crippen molar-refractivity contribution in [3.63, 3.8) is 0 Å². The van der Waals surface area contributed by atoms with Gasteiger partial charge in [-0.05, 0) is 49.4 Å². The Morgan fingerprint density at radius 2 is 1.66 bits per heavy atom. The minimum absolute atomic E-state index is 0.322. The summed E-state index contributed by atoms with van der Waals surface area (Å²) in [5, 5.41) is 2.83. The van der Waals surface area contributed by atoms with Gasteiger partial charge in [0, 0.05) is 11.1 Å². The molecule has 7 nitrogen and oxygen atoms in total. The molecule has 4 aromatic rings. The number of oxazole rings is 1. The van der Waals surface area contributed by atoms with Crippen molar-refractivity contribution in [1.29, 1.82) is 0 Å². The number of amides is 1. The topological polar surface area (TPSA) is 94.3 Å². The van der Waals surface area contributed by atoms with Crippen LogP contribution in [0.15, 0.2) is 65.1 Å². The first kappa shape index (κ1) is 18.4. The van der Waals surface area contributed by atoms with Gasteiger partial charge in [-0.2, -0.15) is 0 Å². The highest BCUT2D eigenvalue weighted by Crippen LogP contribution is 2.26. The van der Waals surface area contributed by atoms with Crippen LogP contribution in [0.2, 0.25) is 0 Å². The smallest absolute Gasteiger partial charge is 0.337 e. The number of aryl methyl sites for hydroxylation is 1. The lowest BCUT2D eigenvalue weighted by molar-refractivity contribution is 0.0600. The Morgan fingerprint density at radius 3 is 2.34 bits per heavy atom. The predicted octanol–water partition coefficient (Wildman–Crippen LogP) is 4.24. The molecule has 2 heterocycles. The molecule has 1 N–H and O–H groups in total. The summed E-state index contributed by atoms with van der Waals surface area (Å²) >= 11 is 0. The second-order valence-electron chi connectivity index (χ2n) is 6.35. The zero-order valence-corrected chi connectivity index (χ0v) is 15.8. The van der Waals surface area contributed by atoms with Gasteiger partial charge in [0.15, 0.2) is 0 Å². The Hall–Kier alpha value is -4.00. The molecule has 4 rings (SSSR count). The zero-order chi connectivity index (χ0) is 20.4. The normalized spacial score (nSPS) is 10.7. The Bertz CT molecular complexity index is 1200. The number of carbonyl (C=O) groups excluding carboxylic acids is 2. The van der Waals surface area contributed by atoms with Gasteiger partial charge in [-0.3, -0.25) is 4.79 Å². The molecule has 0 aliphatic heterocycles. The predicted molar refractivity (Wildman–Crippen MR) is 108 cm³/mol. The van der Waals surface area contributed by atoms with Crippen molar-refractivity contribution in [2.75, 3.05) is 12.4 Å². The van der Waals surface area contributed by atoms with Gasteiger partial charge in [0.2, 0.25) is 11.6 Å². The average Bonchev–Trinajstić information content (AvgIpc) is 3.17. The van der Waals surface area contributed by atoms with Crippen LogP contribution in [0.1, 0.15) is 26.4 Å². The standard InChI is InChI=1S/C22H17N3O4/c1-13-17(24-19(26)14-8-10-16(11-9-14)22(27)28-2)12-18-21(23-13)29-20(25-18)15-6-4-3-5-7-15/h3-12H,1-2H3,(H,24,26). The fourth-order valence-electron chi connectivity index (χ4n) is 2.85. The summed E-state index contributed by atoms with van der Waals surface area (Å²) in [5.41, 5.74) is 3.72. The maximum absolute atomic E-state index is 12.6. The lowest BCUT2D eigenvalue weighted by atomic mass is 10.1. The van der Waals surface area contributed by atoms with Gasteiger partial charge >= 0.3 is 5.97 Å². The van der Waals surface area contributed by atoms with Gasteiger partial charge < -0.3 is 14.5 Å². The fraction of sp³-hybridized carbons (Fsp3) is 0.0909. The minimum Gasteiger partial charge on any atom is -0.465 e. The highest BCUT2D eigenvalue weighted by molar-refractivity contribution is 6.05. The van der Waals surface area contributed by atoms with Gasteiger partial charge in [-0.15, -0.1) is 0 Å². The molecule has 2 aromatic carbocycles. The van der Waals surface area contributed by atoms with E-state index in [4.69, 9.17) is 4.42 Å². The molecule has 0 saturated heterocycles. The van der Waals surface area contributed by atoms with Crippen molar-refractivity contribution in [2.45, 2.75) is 6.92 Å². The van der Waals surface area contributed by atoms with E-state index in [1.807, 2.05) is 30.3 Å². The van der Waals surface area contributed by atoms with Crippen LogP contribution >= 0.6 is 0 Å². The molecule has 0 bridgehead atoms. The molecule has 0 radical (unpaired) electrons. The van der Waals surface area contributed by atoms with E-state index in [9.17, 15) is 9.59 Å². The number of aromatic nitrogens is 2. The molecule has 0 atom stereocenters. The Labute approximate surface area is 166 Å². The lowest BCUT2D eigenvalue weighted by Crippen LogP contribution is -2.13. The molecule has 144 valence electrons. The van der Waals surface area contributed by atoms with Gasteiger partial charge in [0.25, 0.3) is 5.91 Å². The number of rotatable bonds is 4. The third-order valence-corrected chi connectivity index (χ3v) is 4.41. The number of fused-ring (bicyclic) bond motifs is 1. The van der Waals surface area contributed by atoms with Crippen molar-refractivity contribution in [2.24, 2.45) is 0 Å². The molecular weight excluding hydrogens is 370 g/mol. The van der Waals surface area contributed by atoms with Crippen LogP contribution in [-0.4, -0.2) is 29.0 Å². The molecule has 1 amide bonds. The molecule has 0 fully saturated rings. The number of hydrogen-bond acceptors (Lipinski definition) is 6. The number of anilines is 1.